The van der Waals surface area contributed by atoms with Crippen LogP contribution in [0.5, 0.6) is 17.2 Å². The number of anilines is 1. The molecule has 0 bridgehead atoms. The molecule has 31 heavy (non-hydrogen) atoms. The van der Waals surface area contributed by atoms with E-state index < -0.39 is 10.0 Å². The summed E-state index contributed by atoms with van der Waals surface area (Å²) in [6.45, 7) is 5.13. The van der Waals surface area contributed by atoms with E-state index in [0.717, 1.165) is 16.9 Å². The molecule has 0 saturated heterocycles. The van der Waals surface area contributed by atoms with E-state index in [1.807, 2.05) is 50.2 Å². The van der Waals surface area contributed by atoms with Gasteiger partial charge in [0.1, 0.15) is 25.6 Å². The van der Waals surface area contributed by atoms with Gasteiger partial charge in [-0.3, -0.25) is 4.31 Å². The Morgan fingerprint density at radius 3 is 2.35 bits per heavy atom. The molecule has 162 valence electrons. The molecule has 0 aromatic heterocycles. The van der Waals surface area contributed by atoms with E-state index in [0.29, 0.717) is 30.4 Å². The Balaban J connectivity index is 1.63. The highest BCUT2D eigenvalue weighted by Crippen LogP contribution is 2.34. The molecule has 0 N–H and O–H groups in total. The van der Waals surface area contributed by atoms with Crippen molar-refractivity contribution in [3.63, 3.8) is 0 Å². The predicted molar refractivity (Wildman–Crippen MR) is 120 cm³/mol. The molecule has 0 spiro atoms. The minimum Gasteiger partial charge on any atom is -0.491 e. The molecule has 3 aromatic rings. The zero-order chi connectivity index (χ0) is 21.8. The summed E-state index contributed by atoms with van der Waals surface area (Å²) in [5.41, 5.74) is 2.63. The van der Waals surface area contributed by atoms with Crippen molar-refractivity contribution in [2.45, 2.75) is 18.7 Å². The second kappa shape index (κ2) is 8.89. The number of para-hydroxylation sites is 1. The summed E-state index contributed by atoms with van der Waals surface area (Å²) in [6.07, 6.45) is 0. The first kappa shape index (κ1) is 21.1. The lowest BCUT2D eigenvalue weighted by molar-refractivity contribution is 0.171. The van der Waals surface area contributed by atoms with Gasteiger partial charge in [0, 0.05) is 6.07 Å². The van der Waals surface area contributed by atoms with Crippen LogP contribution in [0, 0.1) is 13.8 Å². The van der Waals surface area contributed by atoms with Crippen LogP contribution >= 0.6 is 0 Å². The third-order valence-corrected chi connectivity index (χ3v) is 6.89. The lowest BCUT2D eigenvalue weighted by Gasteiger charge is -2.26. The van der Waals surface area contributed by atoms with Gasteiger partial charge in [0.25, 0.3) is 10.0 Å². The molecule has 6 nitrogen and oxygen atoms in total. The number of benzene rings is 3. The number of sulfonamides is 1. The first-order valence-corrected chi connectivity index (χ1v) is 11.6. The van der Waals surface area contributed by atoms with Crippen LogP contribution in [0.15, 0.2) is 71.6 Å². The summed E-state index contributed by atoms with van der Waals surface area (Å²) < 4.78 is 45.5. The zero-order valence-corrected chi connectivity index (χ0v) is 18.4. The smallest absolute Gasteiger partial charge is 0.264 e. The Hall–Kier alpha value is -3.19. The Morgan fingerprint density at radius 2 is 1.61 bits per heavy atom. The molecular formula is C24H25NO5S. The normalized spacial score (nSPS) is 13.0. The fourth-order valence-electron chi connectivity index (χ4n) is 3.37. The summed E-state index contributed by atoms with van der Waals surface area (Å²) in [7, 11) is -3.85. The largest absolute Gasteiger partial charge is 0.491 e. The van der Waals surface area contributed by atoms with Gasteiger partial charge in [-0.05, 0) is 49.7 Å². The molecule has 0 aliphatic carbocycles. The number of aryl methyl sites for hydroxylation is 2. The summed E-state index contributed by atoms with van der Waals surface area (Å²) in [6, 6.07) is 19.8. The third kappa shape index (κ3) is 4.61. The second-order valence-electron chi connectivity index (χ2n) is 7.33. The van der Waals surface area contributed by atoms with E-state index in [9.17, 15) is 8.42 Å². The average Bonchev–Trinajstić information content (AvgIpc) is 2.78. The van der Waals surface area contributed by atoms with Crippen LogP contribution in [0.25, 0.3) is 0 Å². The number of nitrogens with zero attached hydrogens (tertiary/aromatic N) is 1. The molecule has 3 aromatic carbocycles. The monoisotopic (exact) mass is 439 g/mol. The Morgan fingerprint density at radius 1 is 0.903 bits per heavy atom. The van der Waals surface area contributed by atoms with E-state index >= 15 is 0 Å². The zero-order valence-electron chi connectivity index (χ0n) is 17.6. The van der Waals surface area contributed by atoms with Crippen LogP contribution in [0.1, 0.15) is 11.1 Å². The van der Waals surface area contributed by atoms with E-state index in [4.69, 9.17) is 14.2 Å². The Labute approximate surface area is 183 Å². The Kier molecular flexibility index (Phi) is 6.04. The van der Waals surface area contributed by atoms with E-state index in [1.54, 1.807) is 24.3 Å². The lowest BCUT2D eigenvalue weighted by Crippen LogP contribution is -2.35. The summed E-state index contributed by atoms with van der Waals surface area (Å²) in [5, 5.41) is 0. The van der Waals surface area contributed by atoms with Gasteiger partial charge < -0.3 is 14.2 Å². The van der Waals surface area contributed by atoms with E-state index in [2.05, 4.69) is 0 Å². The molecule has 0 fully saturated rings. The fraction of sp³-hybridized carbons (Fsp3) is 0.250. The summed E-state index contributed by atoms with van der Waals surface area (Å²) in [5.74, 6) is 1.73. The van der Waals surface area contributed by atoms with Crippen LogP contribution in [0.2, 0.25) is 0 Å². The number of hydrogen-bond acceptors (Lipinski definition) is 5. The first-order valence-electron chi connectivity index (χ1n) is 10.1. The SMILES string of the molecule is Cc1ccc(N(CCOc2ccccc2C)S(=O)(=O)c2ccc3c(c2)OCCO3)cc1. The standard InChI is InChI=1S/C24H25NO5S/c1-18-7-9-20(10-8-18)25(13-14-28-22-6-4-3-5-19(22)2)31(26,27)21-11-12-23-24(17-21)30-16-15-29-23/h3-12,17H,13-16H2,1-2H3. The molecule has 0 atom stereocenters. The molecule has 0 radical (unpaired) electrons. The van der Waals surface area contributed by atoms with Gasteiger partial charge in [0.15, 0.2) is 11.5 Å². The van der Waals surface area contributed by atoms with Crippen molar-refractivity contribution in [1.82, 2.24) is 0 Å². The van der Waals surface area contributed by atoms with Gasteiger partial charge in [-0.25, -0.2) is 8.42 Å². The first-order chi connectivity index (χ1) is 14.9. The van der Waals surface area contributed by atoms with Gasteiger partial charge in [-0.1, -0.05) is 35.9 Å². The van der Waals surface area contributed by atoms with Crippen LogP contribution < -0.4 is 18.5 Å². The number of hydrogen-bond donors (Lipinski definition) is 0. The van der Waals surface area contributed by atoms with Gasteiger partial charge in [-0.2, -0.15) is 0 Å². The maximum Gasteiger partial charge on any atom is 0.264 e. The van der Waals surface area contributed by atoms with Crippen LogP contribution in [0.3, 0.4) is 0 Å². The van der Waals surface area contributed by atoms with Crippen molar-refractivity contribution < 1.29 is 22.6 Å². The lowest BCUT2D eigenvalue weighted by atomic mass is 10.2. The molecule has 4 rings (SSSR count). The molecule has 0 unspecified atom stereocenters. The summed E-state index contributed by atoms with van der Waals surface area (Å²) in [4.78, 5) is 0.146. The highest BCUT2D eigenvalue weighted by atomic mass is 32.2. The van der Waals surface area contributed by atoms with Gasteiger partial charge >= 0.3 is 0 Å². The van der Waals surface area contributed by atoms with Gasteiger partial charge in [-0.15, -0.1) is 0 Å². The van der Waals surface area contributed by atoms with Crippen molar-refractivity contribution in [3.05, 3.63) is 77.9 Å². The third-order valence-electron chi connectivity index (χ3n) is 5.07. The molecular weight excluding hydrogens is 414 g/mol. The highest BCUT2D eigenvalue weighted by molar-refractivity contribution is 7.92. The van der Waals surface area contributed by atoms with Gasteiger partial charge in [0.05, 0.1) is 17.1 Å². The molecule has 0 amide bonds. The van der Waals surface area contributed by atoms with Crippen molar-refractivity contribution in [1.29, 1.82) is 0 Å². The molecule has 0 saturated carbocycles. The molecule has 1 aliphatic heterocycles. The number of fused-ring (bicyclic) bond motifs is 1. The van der Waals surface area contributed by atoms with Crippen LogP contribution in [-0.4, -0.2) is 34.8 Å². The maximum atomic E-state index is 13.6. The molecule has 1 aliphatic rings. The Bertz CT molecular complexity index is 1160. The fourth-order valence-corrected chi connectivity index (χ4v) is 4.83. The maximum absolute atomic E-state index is 13.6. The van der Waals surface area contributed by atoms with Crippen molar-refractivity contribution >= 4 is 15.7 Å². The quantitative estimate of drug-likeness (QED) is 0.548. The van der Waals surface area contributed by atoms with Gasteiger partial charge in [0.2, 0.25) is 0 Å². The van der Waals surface area contributed by atoms with Crippen LogP contribution in [-0.2, 0) is 10.0 Å². The second-order valence-corrected chi connectivity index (χ2v) is 9.19. The van der Waals surface area contributed by atoms with E-state index in [-0.39, 0.29) is 18.0 Å². The van der Waals surface area contributed by atoms with Crippen molar-refractivity contribution in [2.75, 3.05) is 30.7 Å². The minimum atomic E-state index is -3.85. The highest BCUT2D eigenvalue weighted by Gasteiger charge is 2.27. The topological polar surface area (TPSA) is 65.1 Å². The van der Waals surface area contributed by atoms with Crippen molar-refractivity contribution in [2.24, 2.45) is 0 Å². The molecule has 1 heterocycles. The van der Waals surface area contributed by atoms with E-state index in [1.165, 1.54) is 10.4 Å². The van der Waals surface area contributed by atoms with Crippen molar-refractivity contribution in [3.8, 4) is 17.2 Å². The predicted octanol–water partition coefficient (Wildman–Crippen LogP) is 4.35. The number of ether oxygens (including phenoxy) is 3. The minimum absolute atomic E-state index is 0.146. The van der Waals surface area contributed by atoms with Crippen LogP contribution in [0.4, 0.5) is 5.69 Å². The summed E-state index contributed by atoms with van der Waals surface area (Å²) >= 11 is 0. The number of rotatable bonds is 7. The molecule has 7 heteroatoms. The average molecular weight is 440 g/mol.